The molecule has 0 saturated heterocycles. The number of carbonyl (C=O) groups excluding carboxylic acids is 1. The number of rotatable bonds is 7. The lowest BCUT2D eigenvalue weighted by atomic mass is 10.1. The second-order valence-corrected chi connectivity index (χ2v) is 2.79. The molecule has 0 heterocycles. The van der Waals surface area contributed by atoms with Crippen LogP contribution in [0.15, 0.2) is 0 Å². The van der Waals surface area contributed by atoms with Gasteiger partial charge in [-0.2, -0.15) is 0 Å². The molecule has 0 aromatic heterocycles. The molecular formula is C7H14FN3O3. The Morgan fingerprint density at radius 2 is 2.07 bits per heavy atom. The Balaban J connectivity index is 3.42. The number of urea groups is 1. The maximum atomic E-state index is 11.8. The largest absolute Gasteiger partial charge is 0.480 e. The monoisotopic (exact) mass is 207 g/mol. The fraction of sp³-hybridized carbons (Fsp3) is 0.714. The van der Waals surface area contributed by atoms with Crippen molar-refractivity contribution in [1.29, 1.82) is 0 Å². The second kappa shape index (κ2) is 7.07. The minimum absolute atomic E-state index is 0.173. The molecule has 0 aromatic rings. The topological polar surface area (TPSA) is 104 Å². The zero-order valence-corrected chi connectivity index (χ0v) is 7.62. The molecule has 82 valence electrons. The van der Waals surface area contributed by atoms with Crippen LogP contribution in [-0.4, -0.2) is 29.7 Å². The maximum absolute atomic E-state index is 11.8. The van der Waals surface area contributed by atoms with Gasteiger partial charge < -0.3 is 16.2 Å². The van der Waals surface area contributed by atoms with E-state index in [9.17, 15) is 14.1 Å². The Hall–Kier alpha value is -1.37. The Morgan fingerprint density at radius 1 is 1.43 bits per heavy atom. The molecule has 0 aliphatic rings. The summed E-state index contributed by atoms with van der Waals surface area (Å²) in [5.41, 5.74) is 5.98. The average Bonchev–Trinajstić information content (AvgIpc) is 2.10. The average molecular weight is 207 g/mol. The third kappa shape index (κ3) is 6.18. The van der Waals surface area contributed by atoms with E-state index in [-0.39, 0.29) is 6.42 Å². The van der Waals surface area contributed by atoms with E-state index < -0.39 is 18.0 Å². The predicted octanol–water partition coefficient (Wildman–Crippen LogP) is -0.248. The maximum Gasteiger partial charge on any atom is 0.323 e. The first-order chi connectivity index (χ1) is 6.57. The minimum Gasteiger partial charge on any atom is -0.480 e. The molecule has 0 unspecified atom stereocenters. The lowest BCUT2D eigenvalue weighted by Gasteiger charge is -2.07. The number of primary amides is 1. The lowest BCUT2D eigenvalue weighted by Crippen LogP contribution is -2.32. The second-order valence-electron chi connectivity index (χ2n) is 2.79. The summed E-state index contributed by atoms with van der Waals surface area (Å²) in [7, 11) is 0. The highest BCUT2D eigenvalue weighted by molar-refractivity contribution is 5.73. The molecule has 0 aromatic carbocycles. The van der Waals surface area contributed by atoms with Crippen LogP contribution in [0.4, 0.5) is 9.28 Å². The number of nitrogens with two attached hydrogens (primary N) is 1. The van der Waals surface area contributed by atoms with E-state index in [1.54, 1.807) is 0 Å². The third-order valence-corrected chi connectivity index (χ3v) is 1.65. The first-order valence-electron chi connectivity index (χ1n) is 4.20. The summed E-state index contributed by atoms with van der Waals surface area (Å²) in [6.07, 6.45) is 1.23. The summed E-state index contributed by atoms with van der Waals surface area (Å²) in [6, 6.07) is -1.80. The normalized spacial score (nSPS) is 12.1. The van der Waals surface area contributed by atoms with E-state index >= 15 is 0 Å². The molecular weight excluding hydrogens is 193 g/mol. The summed E-state index contributed by atoms with van der Waals surface area (Å²) < 4.78 is 11.8. The Morgan fingerprint density at radius 3 is 2.50 bits per heavy atom. The van der Waals surface area contributed by atoms with Gasteiger partial charge in [0.1, 0.15) is 6.04 Å². The molecule has 5 N–H and O–H groups in total. The van der Waals surface area contributed by atoms with Gasteiger partial charge in [-0.25, -0.2) is 4.79 Å². The summed E-state index contributed by atoms with van der Waals surface area (Å²) in [4.78, 5) is 20.5. The van der Waals surface area contributed by atoms with E-state index in [4.69, 9.17) is 10.8 Å². The molecule has 0 saturated carbocycles. The van der Waals surface area contributed by atoms with Gasteiger partial charge in [0.2, 0.25) is 0 Å². The fourth-order valence-electron chi connectivity index (χ4n) is 0.910. The highest BCUT2D eigenvalue weighted by Crippen LogP contribution is 2.00. The zero-order chi connectivity index (χ0) is 11.0. The molecule has 0 aliphatic carbocycles. The van der Waals surface area contributed by atoms with E-state index in [1.165, 1.54) is 5.54 Å². The molecule has 14 heavy (non-hydrogen) atoms. The van der Waals surface area contributed by atoms with E-state index in [0.717, 1.165) is 0 Å². The van der Waals surface area contributed by atoms with Crippen LogP contribution in [0.1, 0.15) is 19.3 Å². The number of carbonyl (C=O) groups is 2. The number of carboxylic acids is 1. The van der Waals surface area contributed by atoms with Crippen LogP contribution in [0.5, 0.6) is 0 Å². The smallest absolute Gasteiger partial charge is 0.323 e. The number of unbranched alkanes of at least 4 members (excludes halogenated alkanes) is 1. The zero-order valence-electron chi connectivity index (χ0n) is 7.62. The van der Waals surface area contributed by atoms with Gasteiger partial charge in [0.25, 0.3) is 0 Å². The van der Waals surface area contributed by atoms with Gasteiger partial charge in [-0.15, -0.1) is 10.0 Å². The van der Waals surface area contributed by atoms with Gasteiger partial charge in [-0.05, 0) is 19.3 Å². The van der Waals surface area contributed by atoms with Crippen molar-refractivity contribution >= 4 is 12.0 Å². The highest BCUT2D eigenvalue weighted by Gasteiger charge is 2.15. The van der Waals surface area contributed by atoms with Crippen molar-refractivity contribution in [3.05, 3.63) is 0 Å². The Kier molecular flexibility index (Phi) is 6.38. The summed E-state index contributed by atoms with van der Waals surface area (Å²) >= 11 is 0. The van der Waals surface area contributed by atoms with Gasteiger partial charge in [-0.1, -0.05) is 0 Å². The molecule has 1 atom stereocenters. The van der Waals surface area contributed by atoms with Crippen molar-refractivity contribution in [2.24, 2.45) is 5.73 Å². The van der Waals surface area contributed by atoms with Crippen LogP contribution in [-0.2, 0) is 4.79 Å². The molecule has 0 fully saturated rings. The number of aliphatic carboxylic acids is 1. The Bertz CT molecular complexity index is 201. The number of amides is 2. The third-order valence-electron chi connectivity index (χ3n) is 1.65. The quantitative estimate of drug-likeness (QED) is 0.341. The number of hydrogen-bond acceptors (Lipinski definition) is 3. The molecule has 0 spiro atoms. The van der Waals surface area contributed by atoms with Gasteiger partial charge >= 0.3 is 12.0 Å². The van der Waals surface area contributed by atoms with Crippen LogP contribution < -0.4 is 16.6 Å². The first kappa shape index (κ1) is 12.6. The van der Waals surface area contributed by atoms with Crippen molar-refractivity contribution in [3.63, 3.8) is 0 Å². The Labute approximate surface area is 80.6 Å². The molecule has 6 nitrogen and oxygen atoms in total. The number of hydrogen-bond donors (Lipinski definition) is 4. The fourth-order valence-corrected chi connectivity index (χ4v) is 0.910. The van der Waals surface area contributed by atoms with Crippen LogP contribution in [0.2, 0.25) is 0 Å². The lowest BCUT2D eigenvalue weighted by molar-refractivity contribution is -0.141. The standard InChI is InChI=1S/C7H14FN3O3/c8-11-5(6(12)13)3-1-2-4-10-7(9)14/h5,11H,1-4H2,(H,12,13)(H3,9,10,14)/t5-/m0/s1. The molecule has 0 bridgehead atoms. The molecule has 2 amide bonds. The van der Waals surface area contributed by atoms with E-state index in [0.29, 0.717) is 19.4 Å². The van der Waals surface area contributed by atoms with Crippen LogP contribution in [0.25, 0.3) is 0 Å². The van der Waals surface area contributed by atoms with Crippen molar-refractivity contribution in [1.82, 2.24) is 10.9 Å². The molecule has 7 heteroatoms. The van der Waals surface area contributed by atoms with Crippen LogP contribution >= 0.6 is 0 Å². The predicted molar refractivity (Wildman–Crippen MR) is 47.1 cm³/mol. The summed E-state index contributed by atoms with van der Waals surface area (Å²) in [5.74, 6) is -1.23. The number of nitrogens with one attached hydrogen (secondary N) is 2. The highest BCUT2D eigenvalue weighted by atomic mass is 19.2. The van der Waals surface area contributed by atoms with E-state index in [2.05, 4.69) is 5.32 Å². The number of carboxylic acid groups (broad SMARTS) is 1. The van der Waals surface area contributed by atoms with Crippen molar-refractivity contribution in [2.45, 2.75) is 25.3 Å². The minimum atomic E-state index is -1.23. The van der Waals surface area contributed by atoms with Crippen molar-refractivity contribution in [2.75, 3.05) is 6.54 Å². The molecule has 0 rings (SSSR count). The van der Waals surface area contributed by atoms with Gasteiger partial charge in [0.05, 0.1) is 0 Å². The summed E-state index contributed by atoms with van der Waals surface area (Å²) in [5, 5.41) is 10.8. The van der Waals surface area contributed by atoms with Gasteiger partial charge in [-0.3, -0.25) is 4.79 Å². The number of halogens is 1. The van der Waals surface area contributed by atoms with Crippen molar-refractivity contribution in [3.8, 4) is 0 Å². The van der Waals surface area contributed by atoms with Gasteiger partial charge in [0, 0.05) is 6.54 Å². The molecule has 0 aliphatic heterocycles. The SMILES string of the molecule is NC(=O)NCCCC[C@H](NF)C(=O)O. The first-order valence-corrected chi connectivity index (χ1v) is 4.20. The van der Waals surface area contributed by atoms with E-state index in [1.807, 2.05) is 0 Å². The summed E-state index contributed by atoms with van der Waals surface area (Å²) in [6.45, 7) is 0.369. The van der Waals surface area contributed by atoms with Crippen molar-refractivity contribution < 1.29 is 19.2 Å². The van der Waals surface area contributed by atoms with Crippen LogP contribution in [0, 0.1) is 0 Å². The van der Waals surface area contributed by atoms with Gasteiger partial charge in [0.15, 0.2) is 0 Å². The van der Waals surface area contributed by atoms with Crippen LogP contribution in [0.3, 0.4) is 0 Å². The molecule has 0 radical (unpaired) electrons.